The van der Waals surface area contributed by atoms with Crippen LogP contribution in [0.5, 0.6) is 5.75 Å². The van der Waals surface area contributed by atoms with E-state index in [-0.39, 0.29) is 12.3 Å². The molecule has 6 nitrogen and oxygen atoms in total. The topological polar surface area (TPSA) is 84.5 Å². The Morgan fingerprint density at radius 3 is 2.38 bits per heavy atom. The normalized spacial score (nSPS) is 12.0. The zero-order chi connectivity index (χ0) is 19.4. The fraction of sp³-hybridized carbons (Fsp3) is 0.267. The number of sulfonamides is 1. The van der Waals surface area contributed by atoms with Crippen LogP contribution in [0.1, 0.15) is 14.5 Å². The Labute approximate surface area is 152 Å². The molecule has 1 aromatic carbocycles. The molecule has 0 saturated heterocycles. The number of alkyl halides is 3. The van der Waals surface area contributed by atoms with Gasteiger partial charge in [-0.05, 0) is 42.8 Å². The molecule has 0 atom stereocenters. The average Bonchev–Trinajstić information content (AvgIpc) is 2.95. The quantitative estimate of drug-likeness (QED) is 0.738. The molecule has 2 N–H and O–H groups in total. The van der Waals surface area contributed by atoms with Gasteiger partial charge in [-0.25, -0.2) is 13.1 Å². The predicted molar refractivity (Wildman–Crippen MR) is 91.9 cm³/mol. The number of amides is 1. The zero-order valence-corrected chi connectivity index (χ0v) is 15.1. The number of halogens is 3. The van der Waals surface area contributed by atoms with Gasteiger partial charge in [0.25, 0.3) is 5.91 Å². The Morgan fingerprint density at radius 1 is 1.15 bits per heavy atom. The Kier molecular flexibility index (Phi) is 6.26. The van der Waals surface area contributed by atoms with Crippen molar-refractivity contribution in [3.63, 3.8) is 0 Å². The molecule has 2 rings (SSSR count). The third kappa shape index (κ3) is 7.02. The molecule has 0 aliphatic heterocycles. The summed E-state index contributed by atoms with van der Waals surface area (Å²) in [6, 6.07) is 8.09. The van der Waals surface area contributed by atoms with Crippen LogP contribution in [0.2, 0.25) is 0 Å². The fourth-order valence-electron chi connectivity index (χ4n) is 1.93. The first-order valence-electron chi connectivity index (χ1n) is 7.22. The van der Waals surface area contributed by atoms with E-state index in [9.17, 15) is 26.4 Å². The van der Waals surface area contributed by atoms with Crippen molar-refractivity contribution in [2.24, 2.45) is 0 Å². The van der Waals surface area contributed by atoms with E-state index in [1.807, 2.05) is 0 Å². The molecule has 1 heterocycles. The van der Waals surface area contributed by atoms with E-state index in [1.165, 1.54) is 23.5 Å². The van der Waals surface area contributed by atoms with E-state index < -0.39 is 22.3 Å². The van der Waals surface area contributed by atoms with Crippen LogP contribution in [0.4, 0.5) is 18.9 Å². The number of thiophene rings is 1. The van der Waals surface area contributed by atoms with E-state index in [1.54, 1.807) is 12.1 Å². The van der Waals surface area contributed by atoms with Crippen molar-refractivity contribution in [3.05, 3.63) is 46.2 Å². The van der Waals surface area contributed by atoms with Crippen LogP contribution >= 0.6 is 11.3 Å². The van der Waals surface area contributed by atoms with Gasteiger partial charge >= 0.3 is 6.36 Å². The molecule has 0 saturated carbocycles. The first-order chi connectivity index (χ1) is 12.0. The Morgan fingerprint density at radius 2 is 1.81 bits per heavy atom. The lowest BCUT2D eigenvalue weighted by molar-refractivity contribution is -0.274. The maximum absolute atomic E-state index is 12.2. The molecule has 1 amide bonds. The standard InChI is InChI=1S/C15H15F3N2O4S2/c1-26(22,23)19-9-8-12-6-7-13(25-12)14(21)20-10-2-4-11(5-3-10)24-15(16,17)18/h2-7,19H,8-9H2,1H3,(H,20,21). The molecule has 0 aliphatic rings. The molecule has 1 aromatic heterocycles. The van der Waals surface area contributed by atoms with Crippen LogP contribution in [0.25, 0.3) is 0 Å². The monoisotopic (exact) mass is 408 g/mol. The Bertz CT molecular complexity index is 862. The number of hydrogen-bond donors (Lipinski definition) is 2. The van der Waals surface area contributed by atoms with Gasteiger partial charge in [-0.3, -0.25) is 4.79 Å². The highest BCUT2D eigenvalue weighted by Gasteiger charge is 2.30. The molecular weight excluding hydrogens is 393 g/mol. The van der Waals surface area contributed by atoms with Crippen LogP contribution in [0.15, 0.2) is 36.4 Å². The number of nitrogens with one attached hydrogen (secondary N) is 2. The lowest BCUT2D eigenvalue weighted by Crippen LogP contribution is -2.24. The Balaban J connectivity index is 1.91. The van der Waals surface area contributed by atoms with E-state index >= 15 is 0 Å². The minimum atomic E-state index is -4.77. The second kappa shape index (κ2) is 8.06. The van der Waals surface area contributed by atoms with Gasteiger partial charge in [0, 0.05) is 17.1 Å². The number of carbonyl (C=O) groups is 1. The van der Waals surface area contributed by atoms with Gasteiger partial charge < -0.3 is 10.1 Å². The summed E-state index contributed by atoms with van der Waals surface area (Å²) in [5, 5.41) is 2.57. The molecule has 0 spiro atoms. The summed E-state index contributed by atoms with van der Waals surface area (Å²) in [5.74, 6) is -0.797. The molecule has 2 aromatic rings. The van der Waals surface area contributed by atoms with Gasteiger partial charge in [0.15, 0.2) is 0 Å². The van der Waals surface area contributed by atoms with Gasteiger partial charge in [0.05, 0.1) is 11.1 Å². The molecule has 0 aliphatic carbocycles. The number of carbonyl (C=O) groups excluding carboxylic acids is 1. The van der Waals surface area contributed by atoms with Crippen molar-refractivity contribution in [2.75, 3.05) is 18.1 Å². The summed E-state index contributed by atoms with van der Waals surface area (Å²) >= 11 is 1.20. The summed E-state index contributed by atoms with van der Waals surface area (Å²) in [6.07, 6.45) is -3.27. The van der Waals surface area contributed by atoms with Crippen molar-refractivity contribution in [2.45, 2.75) is 12.8 Å². The van der Waals surface area contributed by atoms with Gasteiger partial charge in [-0.1, -0.05) is 0 Å². The van der Waals surface area contributed by atoms with Crippen LogP contribution in [-0.2, 0) is 16.4 Å². The van der Waals surface area contributed by atoms with E-state index in [2.05, 4.69) is 14.8 Å². The smallest absolute Gasteiger partial charge is 0.406 e. The first kappa shape index (κ1) is 20.2. The molecular formula is C15H15F3N2O4S2. The molecule has 26 heavy (non-hydrogen) atoms. The largest absolute Gasteiger partial charge is 0.573 e. The Hall–Kier alpha value is -2.11. The fourth-order valence-corrected chi connectivity index (χ4v) is 3.30. The molecule has 0 bridgehead atoms. The summed E-state index contributed by atoms with van der Waals surface area (Å²) in [6.45, 7) is 0.223. The first-order valence-corrected chi connectivity index (χ1v) is 9.93. The van der Waals surface area contributed by atoms with Crippen molar-refractivity contribution in [1.82, 2.24) is 4.72 Å². The predicted octanol–water partition coefficient (Wildman–Crippen LogP) is 2.99. The molecule has 142 valence electrons. The summed E-state index contributed by atoms with van der Waals surface area (Å²) in [4.78, 5) is 13.4. The molecule has 0 radical (unpaired) electrons. The van der Waals surface area contributed by atoms with Gasteiger partial charge in [-0.2, -0.15) is 0 Å². The number of ether oxygens (including phenoxy) is 1. The third-order valence-electron chi connectivity index (χ3n) is 2.97. The van der Waals surface area contributed by atoms with Gasteiger partial charge in [0.1, 0.15) is 5.75 Å². The maximum atomic E-state index is 12.2. The number of hydrogen-bond acceptors (Lipinski definition) is 5. The molecule has 11 heteroatoms. The highest BCUT2D eigenvalue weighted by molar-refractivity contribution is 7.88. The lowest BCUT2D eigenvalue weighted by Gasteiger charge is -2.09. The second-order valence-corrected chi connectivity index (χ2v) is 8.21. The van der Waals surface area contributed by atoms with Crippen molar-refractivity contribution in [1.29, 1.82) is 0 Å². The SMILES string of the molecule is CS(=O)(=O)NCCc1ccc(C(=O)Nc2ccc(OC(F)(F)F)cc2)s1. The van der Waals surface area contributed by atoms with Crippen LogP contribution in [0.3, 0.4) is 0 Å². The summed E-state index contributed by atoms with van der Waals surface area (Å²) in [5.41, 5.74) is 0.318. The zero-order valence-electron chi connectivity index (χ0n) is 13.5. The van der Waals surface area contributed by atoms with Crippen molar-refractivity contribution in [3.8, 4) is 5.75 Å². The van der Waals surface area contributed by atoms with Crippen molar-refractivity contribution >= 4 is 33.0 Å². The number of rotatable bonds is 7. The molecule has 0 fully saturated rings. The average molecular weight is 408 g/mol. The van der Waals surface area contributed by atoms with Crippen LogP contribution < -0.4 is 14.8 Å². The molecule has 0 unspecified atom stereocenters. The maximum Gasteiger partial charge on any atom is 0.573 e. The minimum absolute atomic E-state index is 0.223. The highest BCUT2D eigenvalue weighted by atomic mass is 32.2. The third-order valence-corrected chi connectivity index (χ3v) is 4.84. The van der Waals surface area contributed by atoms with Crippen LogP contribution in [-0.4, -0.2) is 33.5 Å². The van der Waals surface area contributed by atoms with Gasteiger partial charge in [-0.15, -0.1) is 24.5 Å². The van der Waals surface area contributed by atoms with Crippen LogP contribution in [0, 0.1) is 0 Å². The summed E-state index contributed by atoms with van der Waals surface area (Å²) in [7, 11) is -3.26. The van der Waals surface area contributed by atoms with E-state index in [4.69, 9.17) is 0 Å². The number of anilines is 1. The minimum Gasteiger partial charge on any atom is -0.406 e. The van der Waals surface area contributed by atoms with Crippen molar-refractivity contribution < 1.29 is 31.1 Å². The van der Waals surface area contributed by atoms with E-state index in [0.29, 0.717) is 17.0 Å². The number of benzene rings is 1. The van der Waals surface area contributed by atoms with Gasteiger partial charge in [0.2, 0.25) is 10.0 Å². The second-order valence-electron chi connectivity index (χ2n) is 5.21. The lowest BCUT2D eigenvalue weighted by atomic mass is 10.3. The summed E-state index contributed by atoms with van der Waals surface area (Å²) < 4.78 is 64.4. The van der Waals surface area contributed by atoms with E-state index in [0.717, 1.165) is 23.3 Å². The highest BCUT2D eigenvalue weighted by Crippen LogP contribution is 2.24.